The van der Waals surface area contributed by atoms with Crippen LogP contribution in [0.3, 0.4) is 0 Å². The first-order chi connectivity index (χ1) is 9.58. The quantitative estimate of drug-likeness (QED) is 0.583. The Bertz CT molecular complexity index is 411. The molecule has 0 aromatic heterocycles. The summed E-state index contributed by atoms with van der Waals surface area (Å²) >= 11 is 0. The Labute approximate surface area is 115 Å². The van der Waals surface area contributed by atoms with Gasteiger partial charge in [-0.15, -0.1) is 0 Å². The number of esters is 1. The maximum Gasteiger partial charge on any atom is 0.387 e. The van der Waals surface area contributed by atoms with Crippen LogP contribution >= 0.6 is 0 Å². The highest BCUT2D eigenvalue weighted by Gasteiger charge is 2.20. The summed E-state index contributed by atoms with van der Waals surface area (Å²) in [5.74, 6) is -0.437. The van der Waals surface area contributed by atoms with E-state index < -0.39 is 18.6 Å². The van der Waals surface area contributed by atoms with Crippen molar-refractivity contribution >= 4 is 5.97 Å². The fourth-order valence-electron chi connectivity index (χ4n) is 1.60. The lowest BCUT2D eigenvalue weighted by Crippen LogP contribution is -2.31. The number of rotatable bonds is 8. The molecule has 0 spiro atoms. The molecule has 0 heterocycles. The summed E-state index contributed by atoms with van der Waals surface area (Å²) in [7, 11) is 2.83. The molecule has 0 bridgehead atoms. The minimum Gasteiger partial charge on any atom is -0.468 e. The first-order valence-electron chi connectivity index (χ1n) is 5.93. The van der Waals surface area contributed by atoms with E-state index in [1.165, 1.54) is 31.4 Å². The SMILES string of the molecule is COCCNC(C(=O)OC)c1ccc(OC(F)F)cc1. The average molecular weight is 289 g/mol. The zero-order valence-electron chi connectivity index (χ0n) is 11.3. The molecule has 7 heteroatoms. The van der Waals surface area contributed by atoms with Crippen molar-refractivity contribution in [3.05, 3.63) is 29.8 Å². The van der Waals surface area contributed by atoms with Crippen LogP contribution in [0.15, 0.2) is 24.3 Å². The van der Waals surface area contributed by atoms with Crippen LogP contribution in [0.4, 0.5) is 8.78 Å². The second-order valence-electron chi connectivity index (χ2n) is 3.85. The van der Waals surface area contributed by atoms with Crippen LogP contribution in [-0.4, -0.2) is 40.0 Å². The van der Waals surface area contributed by atoms with Gasteiger partial charge in [-0.1, -0.05) is 12.1 Å². The van der Waals surface area contributed by atoms with E-state index in [0.29, 0.717) is 18.7 Å². The highest BCUT2D eigenvalue weighted by atomic mass is 19.3. The molecule has 0 fully saturated rings. The largest absolute Gasteiger partial charge is 0.468 e. The maximum atomic E-state index is 12.0. The van der Waals surface area contributed by atoms with Crippen molar-refractivity contribution in [1.29, 1.82) is 0 Å². The first kappa shape index (κ1) is 16.3. The molecule has 1 atom stereocenters. The lowest BCUT2D eigenvalue weighted by molar-refractivity contribution is -0.143. The molecule has 5 nitrogen and oxygen atoms in total. The minimum atomic E-state index is -2.88. The number of nitrogens with one attached hydrogen (secondary N) is 1. The van der Waals surface area contributed by atoms with Crippen LogP contribution in [0.25, 0.3) is 0 Å². The van der Waals surface area contributed by atoms with Gasteiger partial charge in [0.2, 0.25) is 0 Å². The predicted molar refractivity (Wildman–Crippen MR) is 67.7 cm³/mol. The number of carbonyl (C=O) groups excluding carboxylic acids is 1. The zero-order chi connectivity index (χ0) is 15.0. The maximum absolute atomic E-state index is 12.0. The Kier molecular flexibility index (Phi) is 6.89. The van der Waals surface area contributed by atoms with Gasteiger partial charge in [0, 0.05) is 13.7 Å². The number of carbonyl (C=O) groups is 1. The summed E-state index contributed by atoms with van der Waals surface area (Å²) in [6.45, 7) is -2.00. The van der Waals surface area contributed by atoms with Crippen molar-refractivity contribution in [3.63, 3.8) is 0 Å². The summed E-state index contributed by atoms with van der Waals surface area (Å²) in [6, 6.07) is 5.11. The van der Waals surface area contributed by atoms with Gasteiger partial charge in [-0.2, -0.15) is 8.78 Å². The number of methoxy groups -OCH3 is 2. The third-order valence-electron chi connectivity index (χ3n) is 2.53. The van der Waals surface area contributed by atoms with Gasteiger partial charge >= 0.3 is 12.6 Å². The number of hydrogen-bond donors (Lipinski definition) is 1. The Morgan fingerprint density at radius 1 is 1.25 bits per heavy atom. The molecule has 0 saturated carbocycles. The summed E-state index contributed by atoms with van der Waals surface area (Å²) < 4.78 is 37.9. The van der Waals surface area contributed by atoms with E-state index >= 15 is 0 Å². The highest BCUT2D eigenvalue weighted by Crippen LogP contribution is 2.20. The molecular weight excluding hydrogens is 272 g/mol. The summed E-state index contributed by atoms with van der Waals surface area (Å²) in [5.41, 5.74) is 0.592. The summed E-state index contributed by atoms with van der Waals surface area (Å²) in [6.07, 6.45) is 0. The van der Waals surface area contributed by atoms with Gasteiger partial charge in [0.05, 0.1) is 13.7 Å². The molecule has 0 radical (unpaired) electrons. The number of benzene rings is 1. The molecule has 0 aliphatic heterocycles. The normalized spacial score (nSPS) is 12.2. The standard InChI is InChI=1S/C13H17F2NO4/c1-18-8-7-16-11(12(17)19-2)9-3-5-10(6-4-9)20-13(14)15/h3-6,11,13,16H,7-8H2,1-2H3. The molecule has 0 aliphatic carbocycles. The average Bonchev–Trinajstić information content (AvgIpc) is 2.43. The van der Waals surface area contributed by atoms with Crippen molar-refractivity contribution < 1.29 is 27.8 Å². The summed E-state index contributed by atoms with van der Waals surface area (Å²) in [4.78, 5) is 11.7. The molecule has 1 aromatic rings. The van der Waals surface area contributed by atoms with E-state index in [9.17, 15) is 13.6 Å². The van der Waals surface area contributed by atoms with Gasteiger partial charge in [0.25, 0.3) is 0 Å². The van der Waals surface area contributed by atoms with Crippen LogP contribution in [0.2, 0.25) is 0 Å². The van der Waals surface area contributed by atoms with Crippen LogP contribution < -0.4 is 10.1 Å². The van der Waals surface area contributed by atoms with Crippen LogP contribution in [0.1, 0.15) is 11.6 Å². The number of hydrogen-bond acceptors (Lipinski definition) is 5. The van der Waals surface area contributed by atoms with E-state index in [-0.39, 0.29) is 5.75 Å². The van der Waals surface area contributed by atoms with E-state index in [2.05, 4.69) is 10.1 Å². The molecule has 0 amide bonds. The Morgan fingerprint density at radius 2 is 1.90 bits per heavy atom. The lowest BCUT2D eigenvalue weighted by atomic mass is 10.1. The molecular formula is C13H17F2NO4. The Morgan fingerprint density at radius 3 is 2.40 bits per heavy atom. The molecule has 20 heavy (non-hydrogen) atoms. The van der Waals surface area contributed by atoms with Crippen LogP contribution in [0, 0.1) is 0 Å². The molecule has 0 aliphatic rings. The predicted octanol–water partition coefficient (Wildman–Crippen LogP) is 1.74. The fourth-order valence-corrected chi connectivity index (χ4v) is 1.60. The molecule has 1 unspecified atom stereocenters. The fraction of sp³-hybridized carbons (Fsp3) is 0.462. The van der Waals surface area contributed by atoms with Gasteiger partial charge in [-0.25, -0.2) is 4.79 Å². The number of halogens is 2. The van der Waals surface area contributed by atoms with Gasteiger partial charge in [0.15, 0.2) is 0 Å². The number of alkyl halides is 2. The molecule has 1 aromatic carbocycles. The van der Waals surface area contributed by atoms with Gasteiger partial charge in [-0.3, -0.25) is 5.32 Å². The zero-order valence-corrected chi connectivity index (χ0v) is 11.3. The van der Waals surface area contributed by atoms with Gasteiger partial charge in [0.1, 0.15) is 11.8 Å². The molecule has 1 N–H and O–H groups in total. The van der Waals surface area contributed by atoms with Gasteiger partial charge in [-0.05, 0) is 17.7 Å². The molecule has 1 rings (SSSR count). The molecule has 0 saturated heterocycles. The van der Waals surface area contributed by atoms with Crippen molar-refractivity contribution in [2.75, 3.05) is 27.4 Å². The molecule has 112 valence electrons. The second kappa shape index (κ2) is 8.44. The first-order valence-corrected chi connectivity index (χ1v) is 5.93. The van der Waals surface area contributed by atoms with E-state index in [1.54, 1.807) is 7.11 Å². The Balaban J connectivity index is 2.76. The number of ether oxygens (including phenoxy) is 3. The van der Waals surface area contributed by atoms with Crippen LogP contribution in [-0.2, 0) is 14.3 Å². The van der Waals surface area contributed by atoms with Crippen molar-refractivity contribution in [1.82, 2.24) is 5.32 Å². The van der Waals surface area contributed by atoms with Crippen molar-refractivity contribution in [3.8, 4) is 5.75 Å². The second-order valence-corrected chi connectivity index (χ2v) is 3.85. The summed E-state index contributed by atoms with van der Waals surface area (Å²) in [5, 5.41) is 2.96. The highest BCUT2D eigenvalue weighted by molar-refractivity contribution is 5.77. The van der Waals surface area contributed by atoms with Crippen LogP contribution in [0.5, 0.6) is 5.75 Å². The van der Waals surface area contributed by atoms with E-state index in [1.807, 2.05) is 0 Å². The Hall–Kier alpha value is -1.73. The van der Waals surface area contributed by atoms with E-state index in [4.69, 9.17) is 9.47 Å². The van der Waals surface area contributed by atoms with Gasteiger partial charge < -0.3 is 14.2 Å². The lowest BCUT2D eigenvalue weighted by Gasteiger charge is -2.17. The monoisotopic (exact) mass is 289 g/mol. The third kappa shape index (κ3) is 5.10. The van der Waals surface area contributed by atoms with Crippen molar-refractivity contribution in [2.45, 2.75) is 12.7 Å². The smallest absolute Gasteiger partial charge is 0.387 e. The van der Waals surface area contributed by atoms with E-state index in [0.717, 1.165) is 0 Å². The third-order valence-corrected chi connectivity index (χ3v) is 2.53. The minimum absolute atomic E-state index is 0.0317. The topological polar surface area (TPSA) is 56.8 Å². The van der Waals surface area contributed by atoms with Crippen molar-refractivity contribution in [2.24, 2.45) is 0 Å².